The van der Waals surface area contributed by atoms with Crippen LogP contribution in [0.1, 0.15) is 6.92 Å². The van der Waals surface area contributed by atoms with E-state index in [9.17, 15) is 8.42 Å². The van der Waals surface area contributed by atoms with Crippen LogP contribution in [-0.4, -0.2) is 20.0 Å². The van der Waals surface area contributed by atoms with Crippen LogP contribution in [0.25, 0.3) is 10.8 Å². The van der Waals surface area contributed by atoms with Gasteiger partial charge in [-0.25, -0.2) is 8.42 Å². The molecular weight excluding hydrogens is 266 g/mol. The highest BCUT2D eigenvalue weighted by atomic mass is 32.2. The predicted molar refractivity (Wildman–Crippen MR) is 77.2 cm³/mol. The Bertz CT molecular complexity index is 653. The fraction of sp³-hybridized carbons (Fsp3) is 0.231. The molecule has 96 valence electrons. The molecule has 0 fully saturated rings. The van der Waals surface area contributed by atoms with Gasteiger partial charge in [0.1, 0.15) is 0 Å². The van der Waals surface area contributed by atoms with Gasteiger partial charge in [-0.3, -0.25) is 0 Å². The molecule has 0 heterocycles. The molecule has 18 heavy (non-hydrogen) atoms. The molecule has 0 saturated carbocycles. The molecule has 1 unspecified atom stereocenters. The summed E-state index contributed by atoms with van der Waals surface area (Å²) >= 11 is 1.46. The highest BCUT2D eigenvalue weighted by Crippen LogP contribution is 2.19. The van der Waals surface area contributed by atoms with E-state index in [1.165, 1.54) is 11.8 Å². The van der Waals surface area contributed by atoms with Gasteiger partial charge in [0.2, 0.25) is 10.0 Å². The van der Waals surface area contributed by atoms with Crippen LogP contribution in [0, 0.1) is 0 Å². The van der Waals surface area contributed by atoms with Crippen molar-refractivity contribution in [1.29, 1.82) is 0 Å². The zero-order valence-electron chi connectivity index (χ0n) is 10.3. The molecule has 3 nitrogen and oxygen atoms in total. The maximum atomic E-state index is 12.1. The minimum absolute atomic E-state index is 0.138. The number of fused-ring (bicyclic) bond motifs is 1. The Labute approximate surface area is 112 Å². The summed E-state index contributed by atoms with van der Waals surface area (Å²) in [5.41, 5.74) is 0. The molecule has 0 aromatic heterocycles. The number of thioether (sulfide) groups is 1. The number of hydrogen-bond donors (Lipinski definition) is 1. The van der Waals surface area contributed by atoms with Gasteiger partial charge in [-0.2, -0.15) is 4.72 Å². The average molecular weight is 281 g/mol. The van der Waals surface area contributed by atoms with Crippen LogP contribution < -0.4 is 4.72 Å². The van der Waals surface area contributed by atoms with Gasteiger partial charge in [-0.15, -0.1) is 11.8 Å². The summed E-state index contributed by atoms with van der Waals surface area (Å²) in [4.78, 5) is 0.308. The molecular formula is C13H15NO2S2. The Morgan fingerprint density at radius 1 is 1.11 bits per heavy atom. The Kier molecular flexibility index (Phi) is 3.94. The SMILES string of the molecule is CSC(C)NS(=O)(=O)c1ccc2ccccc2c1. The lowest BCUT2D eigenvalue weighted by Gasteiger charge is -2.12. The lowest BCUT2D eigenvalue weighted by atomic mass is 10.1. The fourth-order valence-corrected chi connectivity index (χ4v) is 3.54. The van der Waals surface area contributed by atoms with Gasteiger partial charge in [0.05, 0.1) is 10.3 Å². The van der Waals surface area contributed by atoms with Crippen molar-refractivity contribution in [2.45, 2.75) is 17.2 Å². The summed E-state index contributed by atoms with van der Waals surface area (Å²) in [6.07, 6.45) is 1.87. The second kappa shape index (κ2) is 5.30. The van der Waals surface area contributed by atoms with Crippen LogP contribution in [-0.2, 0) is 10.0 Å². The average Bonchev–Trinajstić information content (AvgIpc) is 2.37. The second-order valence-corrected chi connectivity index (χ2v) is 6.90. The molecule has 0 radical (unpaired) electrons. The summed E-state index contributed by atoms with van der Waals surface area (Å²) in [5.74, 6) is 0. The third-order valence-corrected chi connectivity index (χ3v) is 5.22. The third-order valence-electron chi connectivity index (χ3n) is 2.71. The van der Waals surface area contributed by atoms with Crippen molar-refractivity contribution in [1.82, 2.24) is 4.72 Å². The van der Waals surface area contributed by atoms with Gasteiger partial charge in [0.25, 0.3) is 0 Å². The maximum absolute atomic E-state index is 12.1. The highest BCUT2D eigenvalue weighted by Gasteiger charge is 2.16. The van der Waals surface area contributed by atoms with Gasteiger partial charge >= 0.3 is 0 Å². The van der Waals surface area contributed by atoms with Crippen LogP contribution in [0.15, 0.2) is 47.4 Å². The molecule has 2 aromatic carbocycles. The topological polar surface area (TPSA) is 46.2 Å². The van der Waals surface area contributed by atoms with Gasteiger partial charge in [-0.1, -0.05) is 30.3 Å². The minimum Gasteiger partial charge on any atom is -0.207 e. The van der Waals surface area contributed by atoms with Gasteiger partial charge in [0, 0.05) is 0 Å². The molecule has 1 atom stereocenters. The molecule has 2 aromatic rings. The minimum atomic E-state index is -3.43. The summed E-state index contributed by atoms with van der Waals surface area (Å²) in [7, 11) is -3.43. The van der Waals surface area contributed by atoms with Crippen LogP contribution in [0.3, 0.4) is 0 Å². The van der Waals surface area contributed by atoms with Crippen LogP contribution in [0.4, 0.5) is 0 Å². The lowest BCUT2D eigenvalue weighted by molar-refractivity contribution is 0.581. The summed E-state index contributed by atoms with van der Waals surface area (Å²) in [6, 6.07) is 12.9. The predicted octanol–water partition coefficient (Wildman–Crippen LogP) is 2.83. The first-order valence-electron chi connectivity index (χ1n) is 5.57. The molecule has 1 N–H and O–H groups in total. The Morgan fingerprint density at radius 3 is 2.44 bits per heavy atom. The van der Waals surface area contributed by atoms with Gasteiger partial charge in [-0.05, 0) is 36.1 Å². The number of sulfonamides is 1. The standard InChI is InChI=1S/C13H15NO2S2/c1-10(17-2)14-18(15,16)13-8-7-11-5-3-4-6-12(11)9-13/h3-10,14H,1-2H3. The third kappa shape index (κ3) is 2.85. The zero-order valence-corrected chi connectivity index (χ0v) is 11.9. The number of benzene rings is 2. The van der Waals surface area contributed by atoms with E-state index >= 15 is 0 Å². The maximum Gasteiger partial charge on any atom is 0.241 e. The van der Waals surface area contributed by atoms with Gasteiger partial charge < -0.3 is 0 Å². The molecule has 0 saturated heterocycles. The van der Waals surface area contributed by atoms with Crippen molar-refractivity contribution in [3.8, 4) is 0 Å². The molecule has 0 aliphatic carbocycles. The smallest absolute Gasteiger partial charge is 0.207 e. The van der Waals surface area contributed by atoms with Crippen LogP contribution in [0.5, 0.6) is 0 Å². The van der Waals surface area contributed by atoms with Crippen molar-refractivity contribution < 1.29 is 8.42 Å². The number of nitrogens with one attached hydrogen (secondary N) is 1. The molecule has 0 bridgehead atoms. The lowest BCUT2D eigenvalue weighted by Crippen LogP contribution is -2.30. The molecule has 0 aliphatic rings. The van der Waals surface area contributed by atoms with Crippen molar-refractivity contribution in [2.24, 2.45) is 0 Å². The summed E-state index contributed by atoms with van der Waals surface area (Å²) < 4.78 is 26.9. The number of rotatable bonds is 4. The van der Waals surface area contributed by atoms with E-state index in [4.69, 9.17) is 0 Å². The monoisotopic (exact) mass is 281 g/mol. The van der Waals surface area contributed by atoms with Crippen LogP contribution in [0.2, 0.25) is 0 Å². The zero-order chi connectivity index (χ0) is 13.2. The van der Waals surface area contributed by atoms with E-state index in [0.29, 0.717) is 4.90 Å². The Balaban J connectivity index is 2.41. The fourth-order valence-electron chi connectivity index (χ4n) is 1.67. The first kappa shape index (κ1) is 13.4. The first-order chi connectivity index (χ1) is 8.53. The van der Waals surface area contributed by atoms with E-state index in [-0.39, 0.29) is 5.37 Å². The molecule has 2 rings (SSSR count). The highest BCUT2D eigenvalue weighted by molar-refractivity contribution is 8.00. The molecule has 5 heteroatoms. The largest absolute Gasteiger partial charge is 0.241 e. The van der Waals surface area contributed by atoms with E-state index in [0.717, 1.165) is 10.8 Å². The second-order valence-electron chi connectivity index (χ2n) is 4.01. The normalized spacial score (nSPS) is 13.7. The van der Waals surface area contributed by atoms with Crippen LogP contribution >= 0.6 is 11.8 Å². The Hall–Kier alpha value is -1.04. The van der Waals surface area contributed by atoms with E-state index in [1.54, 1.807) is 12.1 Å². The first-order valence-corrected chi connectivity index (χ1v) is 8.34. The quantitative estimate of drug-likeness (QED) is 0.877. The van der Waals surface area contributed by atoms with E-state index in [1.807, 2.05) is 43.5 Å². The summed E-state index contributed by atoms with van der Waals surface area (Å²) in [5, 5.41) is 1.83. The Morgan fingerprint density at radius 2 is 1.78 bits per heavy atom. The van der Waals surface area contributed by atoms with Crippen molar-refractivity contribution in [2.75, 3.05) is 6.26 Å². The van der Waals surface area contributed by atoms with Crippen molar-refractivity contribution in [3.05, 3.63) is 42.5 Å². The number of hydrogen-bond acceptors (Lipinski definition) is 3. The van der Waals surface area contributed by atoms with E-state index < -0.39 is 10.0 Å². The van der Waals surface area contributed by atoms with Gasteiger partial charge in [0.15, 0.2) is 0 Å². The van der Waals surface area contributed by atoms with Crippen molar-refractivity contribution in [3.63, 3.8) is 0 Å². The molecule has 0 spiro atoms. The van der Waals surface area contributed by atoms with E-state index in [2.05, 4.69) is 4.72 Å². The van der Waals surface area contributed by atoms with Crippen molar-refractivity contribution >= 4 is 32.6 Å². The summed E-state index contributed by atoms with van der Waals surface area (Å²) in [6.45, 7) is 1.82. The molecule has 0 amide bonds. The molecule has 0 aliphatic heterocycles.